The average Bonchev–Trinajstić information content (AvgIpc) is 2.88. The van der Waals surface area contributed by atoms with E-state index in [1.165, 1.54) is 26.5 Å². The Morgan fingerprint density at radius 3 is 2.29 bits per heavy atom. The molecule has 0 bridgehead atoms. The van der Waals surface area contributed by atoms with Gasteiger partial charge in [0.15, 0.2) is 5.92 Å². The third kappa shape index (κ3) is 2.57. The van der Waals surface area contributed by atoms with Gasteiger partial charge in [-0.25, -0.2) is 0 Å². The molecule has 1 heterocycles. The molecule has 0 saturated carbocycles. The lowest BCUT2D eigenvalue weighted by Crippen LogP contribution is -2.12. The van der Waals surface area contributed by atoms with E-state index in [-0.39, 0.29) is 5.76 Å². The third-order valence-corrected chi connectivity index (χ3v) is 4.53. The summed E-state index contributed by atoms with van der Waals surface area (Å²) >= 11 is 0. The molecule has 0 unspecified atom stereocenters. The second-order valence-electron chi connectivity index (χ2n) is 3.10. The number of hydrogen-bond donors (Lipinski definition) is 0. The minimum absolute atomic E-state index is 0.227. The molecule has 1 rings (SSSR count). The zero-order valence-electron chi connectivity index (χ0n) is 9.36. The molecule has 0 aliphatic heterocycles. The number of nitrogens with zero attached hydrogens (tertiary/aromatic N) is 2. The van der Waals surface area contributed by atoms with E-state index in [0.29, 0.717) is 0 Å². The van der Waals surface area contributed by atoms with Crippen LogP contribution < -0.4 is 0 Å². The summed E-state index contributed by atoms with van der Waals surface area (Å²) < 4.78 is 27.1. The van der Waals surface area contributed by atoms with Crippen LogP contribution in [-0.4, -0.2) is 14.2 Å². The van der Waals surface area contributed by atoms with E-state index in [1.54, 1.807) is 18.2 Å². The molecule has 0 radical (unpaired) electrons. The Hall–Kier alpha value is -1.59. The summed E-state index contributed by atoms with van der Waals surface area (Å²) in [5.74, 6) is -0.947. The van der Waals surface area contributed by atoms with Crippen molar-refractivity contribution in [1.82, 2.24) is 0 Å². The van der Waals surface area contributed by atoms with Crippen LogP contribution >= 0.6 is 7.60 Å². The Morgan fingerprint density at radius 1 is 1.35 bits per heavy atom. The van der Waals surface area contributed by atoms with Gasteiger partial charge in [-0.2, -0.15) is 10.5 Å². The molecule has 6 nitrogen and oxygen atoms in total. The van der Waals surface area contributed by atoms with Crippen LogP contribution in [0.25, 0.3) is 0 Å². The fourth-order valence-corrected chi connectivity index (χ4v) is 2.99. The molecule has 0 amide bonds. The van der Waals surface area contributed by atoms with Crippen molar-refractivity contribution in [3.63, 3.8) is 0 Å². The predicted molar refractivity (Wildman–Crippen MR) is 57.8 cm³/mol. The summed E-state index contributed by atoms with van der Waals surface area (Å²) in [5.41, 5.74) is -1.05. The largest absolute Gasteiger partial charge is 0.468 e. The molecule has 0 N–H and O–H groups in total. The van der Waals surface area contributed by atoms with Crippen molar-refractivity contribution in [1.29, 1.82) is 10.5 Å². The fraction of sp³-hybridized carbons (Fsp3) is 0.400. The molecule has 0 fully saturated rings. The molecule has 17 heavy (non-hydrogen) atoms. The van der Waals surface area contributed by atoms with Crippen molar-refractivity contribution >= 4 is 7.60 Å². The monoisotopic (exact) mass is 254 g/mol. The smallest absolute Gasteiger partial charge is 0.343 e. The van der Waals surface area contributed by atoms with Crippen LogP contribution in [0.5, 0.6) is 0 Å². The maximum atomic E-state index is 12.3. The fourth-order valence-electron chi connectivity index (χ4n) is 1.43. The predicted octanol–water partition coefficient (Wildman–Crippen LogP) is 2.47. The Morgan fingerprint density at radius 2 is 1.94 bits per heavy atom. The van der Waals surface area contributed by atoms with E-state index >= 15 is 0 Å². The Labute approximate surface area is 98.9 Å². The zero-order chi connectivity index (χ0) is 12.9. The summed E-state index contributed by atoms with van der Waals surface area (Å²) in [7, 11) is -1.21. The van der Waals surface area contributed by atoms with Gasteiger partial charge in [0.1, 0.15) is 11.4 Å². The quantitative estimate of drug-likeness (QED) is 0.749. The number of hydrogen-bond acceptors (Lipinski definition) is 6. The summed E-state index contributed by atoms with van der Waals surface area (Å²) in [5, 5.41) is 17.8. The topological polar surface area (TPSA) is 96.2 Å². The highest BCUT2D eigenvalue weighted by atomic mass is 31.2. The van der Waals surface area contributed by atoms with Gasteiger partial charge in [-0.15, -0.1) is 0 Å². The van der Waals surface area contributed by atoms with E-state index in [4.69, 9.17) is 24.0 Å². The average molecular weight is 254 g/mol. The first kappa shape index (κ1) is 13.5. The second-order valence-corrected chi connectivity index (χ2v) is 5.47. The van der Waals surface area contributed by atoms with Crippen LogP contribution in [0.3, 0.4) is 0 Å². The van der Waals surface area contributed by atoms with Crippen molar-refractivity contribution in [2.75, 3.05) is 14.2 Å². The summed E-state index contributed by atoms with van der Waals surface area (Å²) in [6.07, 6.45) is 1.36. The van der Waals surface area contributed by atoms with Gasteiger partial charge in [-0.3, -0.25) is 4.57 Å². The number of nitriles is 2. The van der Waals surface area contributed by atoms with Crippen LogP contribution in [0.4, 0.5) is 0 Å². The molecule has 1 atom stereocenters. The van der Waals surface area contributed by atoms with Crippen LogP contribution in [0, 0.1) is 28.6 Å². The molecule has 1 aromatic rings. The van der Waals surface area contributed by atoms with Gasteiger partial charge >= 0.3 is 7.60 Å². The number of furan rings is 1. The molecule has 1 aromatic heterocycles. The van der Waals surface area contributed by atoms with Crippen LogP contribution in [0.15, 0.2) is 22.8 Å². The minimum atomic E-state index is -3.61. The highest BCUT2D eigenvalue weighted by Crippen LogP contribution is 2.62. The van der Waals surface area contributed by atoms with Crippen LogP contribution in [0.1, 0.15) is 11.4 Å². The minimum Gasteiger partial charge on any atom is -0.468 e. The van der Waals surface area contributed by atoms with Gasteiger partial charge in [0.25, 0.3) is 0 Å². The van der Waals surface area contributed by atoms with Crippen molar-refractivity contribution in [3.05, 3.63) is 24.2 Å². The highest BCUT2D eigenvalue weighted by molar-refractivity contribution is 7.54. The van der Waals surface area contributed by atoms with E-state index in [2.05, 4.69) is 0 Å². The van der Waals surface area contributed by atoms with E-state index in [1.807, 2.05) is 0 Å². The number of rotatable bonds is 5. The molecule has 0 saturated heterocycles. The molecule has 0 aromatic carbocycles. The summed E-state index contributed by atoms with van der Waals surface area (Å²) in [4.78, 5) is 0. The van der Waals surface area contributed by atoms with E-state index < -0.39 is 19.2 Å². The first-order valence-corrected chi connectivity index (χ1v) is 6.28. The van der Waals surface area contributed by atoms with E-state index in [0.717, 1.165) is 0 Å². The molecule has 90 valence electrons. The zero-order valence-corrected chi connectivity index (χ0v) is 10.3. The molecule has 7 heteroatoms. The SMILES string of the molecule is COP(=O)(OC)[C@@H](c1ccco1)C(C#N)C#N. The second kappa shape index (κ2) is 5.65. The normalized spacial score (nSPS) is 13.0. The van der Waals surface area contributed by atoms with Gasteiger partial charge in [-0.05, 0) is 12.1 Å². The Kier molecular flexibility index (Phi) is 4.48. The highest BCUT2D eigenvalue weighted by Gasteiger charge is 2.43. The van der Waals surface area contributed by atoms with Gasteiger partial charge in [0.2, 0.25) is 0 Å². The first-order chi connectivity index (χ1) is 8.12. The molecular weight excluding hydrogens is 243 g/mol. The van der Waals surface area contributed by atoms with Gasteiger partial charge < -0.3 is 13.5 Å². The Balaban J connectivity index is 3.27. The standard InChI is InChI=1S/C10H11N2O4P/c1-14-17(13,15-2)10(8(6-11)7-12)9-4-3-5-16-9/h3-5,8,10H,1-2H3/t10-/m1/s1. The Bertz CT molecular complexity index is 463. The summed E-state index contributed by atoms with van der Waals surface area (Å²) in [6.45, 7) is 0. The van der Waals surface area contributed by atoms with E-state index in [9.17, 15) is 4.57 Å². The lowest BCUT2D eigenvalue weighted by Gasteiger charge is -2.22. The third-order valence-electron chi connectivity index (χ3n) is 2.28. The van der Waals surface area contributed by atoms with Crippen molar-refractivity contribution < 1.29 is 18.0 Å². The maximum Gasteiger partial charge on any atom is 0.343 e. The van der Waals surface area contributed by atoms with Gasteiger partial charge in [0.05, 0.1) is 18.4 Å². The molecule has 0 spiro atoms. The molecular formula is C10H11N2O4P. The first-order valence-electron chi connectivity index (χ1n) is 4.66. The summed E-state index contributed by atoms with van der Waals surface area (Å²) in [6, 6.07) is 6.62. The van der Waals surface area contributed by atoms with Crippen LogP contribution in [0.2, 0.25) is 0 Å². The molecule has 0 aliphatic rings. The lowest BCUT2D eigenvalue weighted by molar-refractivity contribution is 0.257. The van der Waals surface area contributed by atoms with Crippen molar-refractivity contribution in [2.24, 2.45) is 5.92 Å². The van der Waals surface area contributed by atoms with Crippen molar-refractivity contribution in [2.45, 2.75) is 5.66 Å². The maximum absolute atomic E-state index is 12.3. The molecule has 0 aliphatic carbocycles. The van der Waals surface area contributed by atoms with Crippen LogP contribution in [-0.2, 0) is 13.6 Å². The van der Waals surface area contributed by atoms with Gasteiger partial charge in [0, 0.05) is 14.2 Å². The lowest BCUT2D eigenvalue weighted by atomic mass is 10.1. The van der Waals surface area contributed by atoms with Crippen molar-refractivity contribution in [3.8, 4) is 12.1 Å². The van der Waals surface area contributed by atoms with Gasteiger partial charge in [-0.1, -0.05) is 0 Å².